The summed E-state index contributed by atoms with van der Waals surface area (Å²) in [6.07, 6.45) is 3.21. The molecule has 0 aromatic heterocycles. The van der Waals surface area contributed by atoms with Crippen molar-refractivity contribution in [3.63, 3.8) is 0 Å². The maximum Gasteiger partial charge on any atom is 0.302 e. The predicted molar refractivity (Wildman–Crippen MR) is 70.5 cm³/mol. The van der Waals surface area contributed by atoms with Crippen LogP contribution in [0.5, 0.6) is 0 Å². The molecule has 0 rings (SSSR count). The largest absolute Gasteiger partial charge is 0.388 e. The van der Waals surface area contributed by atoms with E-state index in [0.717, 1.165) is 19.3 Å². The quantitative estimate of drug-likeness (QED) is 0.352. The molecule has 0 aromatic rings. The van der Waals surface area contributed by atoms with Crippen LogP contribution >= 0.6 is 0 Å². The molecule has 0 heterocycles. The van der Waals surface area contributed by atoms with Gasteiger partial charge in [0.2, 0.25) is 5.78 Å². The highest BCUT2D eigenvalue weighted by Crippen LogP contribution is 2.22. The zero-order valence-corrected chi connectivity index (χ0v) is 11.7. The average molecular weight is 273 g/mol. The summed E-state index contributed by atoms with van der Waals surface area (Å²) in [7, 11) is 0. The lowest BCUT2D eigenvalue weighted by atomic mass is 9.86. The zero-order chi connectivity index (χ0) is 14.9. The Morgan fingerprint density at radius 2 is 1.84 bits per heavy atom. The maximum absolute atomic E-state index is 12.0. The van der Waals surface area contributed by atoms with Crippen LogP contribution in [-0.2, 0) is 9.59 Å². The Bertz CT molecular complexity index is 329. The fraction of sp³-hybridized carbons (Fsp3) is 0.846. The fourth-order valence-electron chi connectivity index (χ4n) is 1.89. The van der Waals surface area contributed by atoms with Crippen LogP contribution in [0.4, 0.5) is 0 Å². The van der Waals surface area contributed by atoms with E-state index in [2.05, 4.69) is 0 Å². The molecule has 0 radical (unpaired) electrons. The van der Waals surface area contributed by atoms with E-state index in [9.17, 15) is 24.8 Å². The van der Waals surface area contributed by atoms with Crippen molar-refractivity contribution in [1.82, 2.24) is 0 Å². The molecular formula is C13H23NO5. The molecule has 6 heteroatoms. The molecule has 0 aliphatic heterocycles. The van der Waals surface area contributed by atoms with E-state index < -0.39 is 22.9 Å². The van der Waals surface area contributed by atoms with Gasteiger partial charge in [-0.3, -0.25) is 14.9 Å². The van der Waals surface area contributed by atoms with Gasteiger partial charge in [0.15, 0.2) is 0 Å². The summed E-state index contributed by atoms with van der Waals surface area (Å²) in [5, 5.41) is 20.4. The van der Waals surface area contributed by atoms with Crippen LogP contribution in [0, 0.1) is 10.1 Å². The van der Waals surface area contributed by atoms with Gasteiger partial charge in [0.25, 0.3) is 0 Å². The van der Waals surface area contributed by atoms with Gasteiger partial charge in [-0.15, -0.1) is 0 Å². The SMILES string of the molecule is CCCCCCC(=O)C(CO)(CCC(C)=O)[N+](=O)[O-]. The van der Waals surface area contributed by atoms with Crippen molar-refractivity contribution in [3.8, 4) is 0 Å². The molecule has 19 heavy (non-hydrogen) atoms. The summed E-state index contributed by atoms with van der Waals surface area (Å²) in [4.78, 5) is 33.3. The van der Waals surface area contributed by atoms with Crippen molar-refractivity contribution in [2.45, 2.75) is 64.3 Å². The molecule has 0 spiro atoms. The number of ketones is 2. The average Bonchev–Trinajstić information content (AvgIpc) is 2.35. The molecule has 1 unspecified atom stereocenters. The van der Waals surface area contributed by atoms with Gasteiger partial charge >= 0.3 is 5.54 Å². The number of aliphatic hydroxyl groups excluding tert-OH is 1. The van der Waals surface area contributed by atoms with Crippen LogP contribution in [0.25, 0.3) is 0 Å². The first-order valence-electron chi connectivity index (χ1n) is 6.68. The molecule has 0 aliphatic carbocycles. The lowest BCUT2D eigenvalue weighted by molar-refractivity contribution is -0.556. The standard InChI is InChI=1S/C13H23NO5/c1-3-4-5-6-7-12(17)13(10-15,14(18)19)9-8-11(2)16/h15H,3-10H2,1-2H3. The Balaban J connectivity index is 4.67. The number of nitro groups is 1. The highest BCUT2D eigenvalue weighted by molar-refractivity contribution is 5.88. The van der Waals surface area contributed by atoms with Crippen LogP contribution in [0.1, 0.15) is 58.8 Å². The lowest BCUT2D eigenvalue weighted by Crippen LogP contribution is -2.50. The number of nitrogens with zero attached hydrogens (tertiary/aromatic N) is 1. The minimum atomic E-state index is -2.00. The van der Waals surface area contributed by atoms with Gasteiger partial charge < -0.3 is 9.90 Å². The van der Waals surface area contributed by atoms with E-state index in [1.807, 2.05) is 6.92 Å². The van der Waals surface area contributed by atoms with Crippen LogP contribution < -0.4 is 0 Å². The molecule has 1 N–H and O–H groups in total. The van der Waals surface area contributed by atoms with Crippen molar-refractivity contribution >= 4 is 11.6 Å². The molecule has 1 atom stereocenters. The summed E-state index contributed by atoms with van der Waals surface area (Å²) >= 11 is 0. The monoisotopic (exact) mass is 273 g/mol. The number of rotatable bonds is 11. The number of unbranched alkanes of at least 4 members (excludes halogenated alkanes) is 3. The molecular weight excluding hydrogens is 250 g/mol. The lowest BCUT2D eigenvalue weighted by Gasteiger charge is -2.21. The molecule has 0 amide bonds. The normalized spacial score (nSPS) is 13.8. The van der Waals surface area contributed by atoms with Gasteiger partial charge in [0.05, 0.1) is 0 Å². The van der Waals surface area contributed by atoms with Crippen LogP contribution in [0.2, 0.25) is 0 Å². The van der Waals surface area contributed by atoms with Gasteiger partial charge in [-0.25, -0.2) is 0 Å². The van der Waals surface area contributed by atoms with E-state index in [1.54, 1.807) is 0 Å². The molecule has 6 nitrogen and oxygen atoms in total. The third kappa shape index (κ3) is 5.46. The molecule has 0 aliphatic rings. The Labute approximate surface area is 113 Å². The molecule has 0 saturated carbocycles. The Morgan fingerprint density at radius 1 is 1.21 bits per heavy atom. The van der Waals surface area contributed by atoms with Crippen molar-refractivity contribution in [2.75, 3.05) is 6.61 Å². The van der Waals surface area contributed by atoms with E-state index >= 15 is 0 Å². The van der Waals surface area contributed by atoms with Crippen molar-refractivity contribution in [1.29, 1.82) is 0 Å². The van der Waals surface area contributed by atoms with E-state index in [1.165, 1.54) is 6.92 Å². The summed E-state index contributed by atoms with van der Waals surface area (Å²) in [5.74, 6) is -0.796. The topological polar surface area (TPSA) is 97.5 Å². The number of carbonyl (C=O) groups excluding carboxylic acids is 2. The molecule has 0 aromatic carbocycles. The maximum atomic E-state index is 12.0. The molecule has 0 saturated heterocycles. The first kappa shape index (κ1) is 17.7. The third-order valence-electron chi connectivity index (χ3n) is 3.28. The van der Waals surface area contributed by atoms with Crippen LogP contribution in [0.3, 0.4) is 0 Å². The Morgan fingerprint density at radius 3 is 2.26 bits per heavy atom. The Hall–Kier alpha value is -1.30. The minimum absolute atomic E-state index is 0.0672. The van der Waals surface area contributed by atoms with Gasteiger partial charge in [-0.1, -0.05) is 26.2 Å². The van der Waals surface area contributed by atoms with Gasteiger partial charge in [-0.2, -0.15) is 0 Å². The van der Waals surface area contributed by atoms with E-state index in [-0.39, 0.29) is 25.0 Å². The third-order valence-corrected chi connectivity index (χ3v) is 3.28. The molecule has 110 valence electrons. The van der Waals surface area contributed by atoms with Crippen LogP contribution in [-0.4, -0.2) is 33.7 Å². The van der Waals surface area contributed by atoms with Gasteiger partial charge in [0.1, 0.15) is 12.4 Å². The summed E-state index contributed by atoms with van der Waals surface area (Å²) in [5.41, 5.74) is -2.00. The second-order valence-corrected chi connectivity index (χ2v) is 4.88. The first-order valence-corrected chi connectivity index (χ1v) is 6.68. The number of hydrogen-bond acceptors (Lipinski definition) is 5. The van der Waals surface area contributed by atoms with Crippen molar-refractivity contribution in [3.05, 3.63) is 10.1 Å². The molecule has 0 bridgehead atoms. The van der Waals surface area contributed by atoms with Crippen LogP contribution in [0.15, 0.2) is 0 Å². The summed E-state index contributed by atoms with van der Waals surface area (Å²) in [6.45, 7) is 2.50. The highest BCUT2D eigenvalue weighted by atomic mass is 16.6. The predicted octanol–water partition coefficient (Wildman–Crippen LogP) is 1.90. The second kappa shape index (κ2) is 8.74. The molecule has 0 fully saturated rings. The minimum Gasteiger partial charge on any atom is -0.388 e. The highest BCUT2D eigenvalue weighted by Gasteiger charge is 2.49. The number of carbonyl (C=O) groups is 2. The summed E-state index contributed by atoms with van der Waals surface area (Å²) in [6, 6.07) is 0. The Kier molecular flexibility index (Phi) is 8.14. The number of Topliss-reactive ketones (excluding diaryl/α,β-unsaturated/α-hetero) is 2. The van der Waals surface area contributed by atoms with Crippen molar-refractivity contribution < 1.29 is 19.6 Å². The smallest absolute Gasteiger partial charge is 0.302 e. The van der Waals surface area contributed by atoms with Gasteiger partial charge in [-0.05, 0) is 13.3 Å². The zero-order valence-electron chi connectivity index (χ0n) is 11.7. The van der Waals surface area contributed by atoms with E-state index in [4.69, 9.17) is 0 Å². The number of aliphatic hydroxyl groups is 1. The number of hydrogen-bond donors (Lipinski definition) is 1. The first-order chi connectivity index (χ1) is 8.90. The second-order valence-electron chi connectivity index (χ2n) is 4.88. The summed E-state index contributed by atoms with van der Waals surface area (Å²) < 4.78 is 0. The fourth-order valence-corrected chi connectivity index (χ4v) is 1.89. The van der Waals surface area contributed by atoms with Gasteiger partial charge in [0, 0.05) is 24.2 Å². The van der Waals surface area contributed by atoms with E-state index in [0.29, 0.717) is 6.42 Å². The van der Waals surface area contributed by atoms with Crippen molar-refractivity contribution in [2.24, 2.45) is 0 Å².